The number of phenolic OH excluding ortho intramolecular Hbond substituents is 1. The summed E-state index contributed by atoms with van der Waals surface area (Å²) >= 11 is 0. The molecule has 0 aliphatic carbocycles. The van der Waals surface area contributed by atoms with E-state index in [1.807, 2.05) is 26.8 Å². The number of nitrogens with one attached hydrogen (secondary N) is 2. The van der Waals surface area contributed by atoms with Gasteiger partial charge in [-0.05, 0) is 36.1 Å². The molecule has 0 saturated carbocycles. The minimum absolute atomic E-state index is 0.00499. The molecule has 33 heavy (non-hydrogen) atoms. The molecule has 1 aromatic carbocycles. The van der Waals surface area contributed by atoms with Crippen LogP contribution in [0.1, 0.15) is 50.5 Å². The zero-order chi connectivity index (χ0) is 24.6. The van der Waals surface area contributed by atoms with Crippen LogP contribution in [0.4, 0.5) is 5.69 Å². The Kier molecular flexibility index (Phi) is 6.91. The van der Waals surface area contributed by atoms with E-state index in [1.54, 1.807) is 6.26 Å². The average molecular weight is 497 g/mol. The van der Waals surface area contributed by atoms with Crippen molar-refractivity contribution in [3.05, 3.63) is 53.0 Å². The number of benzene rings is 1. The number of rotatable bonds is 8. The van der Waals surface area contributed by atoms with E-state index >= 15 is 0 Å². The molecule has 10 nitrogen and oxygen atoms in total. The minimum Gasteiger partial charge on any atom is -0.504 e. The molecule has 0 radical (unpaired) electrons. The number of aromatic hydroxyl groups is 1. The molecule has 0 unspecified atom stereocenters. The predicted molar refractivity (Wildman–Crippen MR) is 126 cm³/mol. The Labute approximate surface area is 194 Å². The van der Waals surface area contributed by atoms with Crippen LogP contribution in [0.15, 0.2) is 55.3 Å². The van der Waals surface area contributed by atoms with Crippen LogP contribution in [0.3, 0.4) is 0 Å². The summed E-state index contributed by atoms with van der Waals surface area (Å²) in [5, 5.41) is 17.4. The first-order chi connectivity index (χ1) is 15.4. The van der Waals surface area contributed by atoms with Gasteiger partial charge in [0.15, 0.2) is 11.6 Å². The molecular formula is C21H28N4O6S2. The maximum Gasteiger partial charge on any atom is 0.279 e. The molecule has 1 atom stereocenters. The summed E-state index contributed by atoms with van der Waals surface area (Å²) in [7, 11) is -5.14. The molecule has 0 bridgehead atoms. The van der Waals surface area contributed by atoms with Crippen molar-refractivity contribution in [3.8, 4) is 5.75 Å². The number of sulfonamides is 2. The second-order valence-electron chi connectivity index (χ2n) is 8.09. The van der Waals surface area contributed by atoms with Crippen LogP contribution in [-0.4, -0.2) is 46.2 Å². The highest BCUT2D eigenvalue weighted by Crippen LogP contribution is 2.33. The summed E-state index contributed by atoms with van der Waals surface area (Å²) in [6.07, 6.45) is 2.27. The Bertz CT molecular complexity index is 1310. The standard InChI is InChI=1S/C21H28N4O6S2/c1-6-15(18-10-14(11-31-18)13(2)3)22-17-12-32(27,28)24-21(17)23-16-8-7-9-19(20(16)26)33(29,30)25(4)5/h7-13,15,22,26H,6H2,1-5H3,(H,23,24)/t15-/m1/s1. The van der Waals surface area contributed by atoms with Crippen LogP contribution in [-0.2, 0) is 20.0 Å². The molecular weight excluding hydrogens is 468 g/mol. The summed E-state index contributed by atoms with van der Waals surface area (Å²) in [6, 6.07) is 5.70. The van der Waals surface area contributed by atoms with Crippen molar-refractivity contribution in [1.29, 1.82) is 0 Å². The molecule has 2 heterocycles. The molecule has 0 saturated heterocycles. The lowest BCUT2D eigenvalue weighted by molar-refractivity contribution is 0.428. The molecule has 3 N–H and O–H groups in total. The largest absolute Gasteiger partial charge is 0.504 e. The van der Waals surface area contributed by atoms with Gasteiger partial charge >= 0.3 is 0 Å². The van der Waals surface area contributed by atoms with Gasteiger partial charge in [0.25, 0.3) is 10.0 Å². The van der Waals surface area contributed by atoms with Crippen molar-refractivity contribution in [1.82, 2.24) is 9.62 Å². The maximum absolute atomic E-state index is 12.5. The Morgan fingerprint density at radius 1 is 1.24 bits per heavy atom. The van der Waals surface area contributed by atoms with Crippen molar-refractivity contribution in [3.63, 3.8) is 0 Å². The summed E-state index contributed by atoms with van der Waals surface area (Å²) in [5.74, 6) is 0.308. The molecule has 3 rings (SSSR count). The normalized spacial score (nSPS) is 16.6. The van der Waals surface area contributed by atoms with Crippen LogP contribution in [0.5, 0.6) is 5.75 Å². The quantitative estimate of drug-likeness (QED) is 0.474. The van der Waals surface area contributed by atoms with Gasteiger partial charge in [-0.15, -0.1) is 4.40 Å². The fraction of sp³-hybridized carbons (Fsp3) is 0.381. The van der Waals surface area contributed by atoms with Gasteiger partial charge in [0.2, 0.25) is 10.0 Å². The Morgan fingerprint density at radius 2 is 1.94 bits per heavy atom. The van der Waals surface area contributed by atoms with Gasteiger partial charge in [-0.25, -0.2) is 12.7 Å². The van der Waals surface area contributed by atoms with E-state index in [1.165, 1.54) is 32.3 Å². The third kappa shape index (κ3) is 5.23. The maximum atomic E-state index is 12.5. The Morgan fingerprint density at radius 3 is 2.52 bits per heavy atom. The van der Waals surface area contributed by atoms with Crippen LogP contribution >= 0.6 is 0 Å². The number of anilines is 1. The molecule has 12 heteroatoms. The third-order valence-corrected chi connectivity index (χ3v) is 7.96. The summed E-state index contributed by atoms with van der Waals surface area (Å²) in [4.78, 5) is -0.319. The van der Waals surface area contributed by atoms with Gasteiger partial charge in [0, 0.05) is 14.1 Å². The number of amidine groups is 1. The molecule has 1 aromatic heterocycles. The lowest BCUT2D eigenvalue weighted by atomic mass is 10.1. The van der Waals surface area contributed by atoms with Crippen LogP contribution in [0.25, 0.3) is 0 Å². The van der Waals surface area contributed by atoms with E-state index in [-0.39, 0.29) is 34.1 Å². The summed E-state index contributed by atoms with van der Waals surface area (Å²) in [6.45, 7) is 6.01. The number of nitrogens with zero attached hydrogens (tertiary/aromatic N) is 2. The van der Waals surface area contributed by atoms with Crippen molar-refractivity contribution >= 4 is 31.6 Å². The van der Waals surface area contributed by atoms with E-state index in [2.05, 4.69) is 15.0 Å². The first-order valence-electron chi connectivity index (χ1n) is 10.3. The van der Waals surface area contributed by atoms with Gasteiger partial charge in [0.1, 0.15) is 10.7 Å². The molecule has 0 amide bonds. The first-order valence-corrected chi connectivity index (χ1v) is 13.2. The van der Waals surface area contributed by atoms with Crippen LogP contribution in [0.2, 0.25) is 0 Å². The van der Waals surface area contributed by atoms with E-state index in [9.17, 15) is 21.9 Å². The lowest BCUT2D eigenvalue weighted by Crippen LogP contribution is -2.28. The number of hydrogen-bond acceptors (Lipinski definition) is 8. The zero-order valence-corrected chi connectivity index (χ0v) is 20.7. The second kappa shape index (κ2) is 9.20. The summed E-state index contributed by atoms with van der Waals surface area (Å²) in [5.41, 5.74) is 1.19. The monoisotopic (exact) mass is 496 g/mol. The van der Waals surface area contributed by atoms with Crippen molar-refractivity contribution in [2.24, 2.45) is 4.40 Å². The van der Waals surface area contributed by atoms with Gasteiger partial charge in [-0.2, -0.15) is 8.42 Å². The van der Waals surface area contributed by atoms with Crippen LogP contribution in [0, 0.1) is 0 Å². The van der Waals surface area contributed by atoms with Gasteiger partial charge in [0.05, 0.1) is 29.1 Å². The minimum atomic E-state index is -3.92. The lowest BCUT2D eigenvalue weighted by Gasteiger charge is -2.19. The number of furan rings is 1. The smallest absolute Gasteiger partial charge is 0.279 e. The van der Waals surface area contributed by atoms with Gasteiger partial charge < -0.3 is 20.2 Å². The highest BCUT2D eigenvalue weighted by molar-refractivity contribution is 7.93. The Balaban J connectivity index is 1.91. The van der Waals surface area contributed by atoms with Crippen molar-refractivity contribution in [2.75, 3.05) is 19.4 Å². The zero-order valence-electron chi connectivity index (χ0n) is 19.0. The fourth-order valence-corrected chi connectivity index (χ4v) is 5.10. The Hall–Kier alpha value is -2.83. The second-order valence-corrected chi connectivity index (χ2v) is 11.7. The van der Waals surface area contributed by atoms with Crippen molar-refractivity contribution < 1.29 is 26.4 Å². The molecule has 0 fully saturated rings. The molecule has 1 aliphatic rings. The summed E-state index contributed by atoms with van der Waals surface area (Å²) < 4.78 is 59.7. The van der Waals surface area contributed by atoms with Gasteiger partial charge in [-0.3, -0.25) is 0 Å². The van der Waals surface area contributed by atoms with E-state index in [4.69, 9.17) is 4.42 Å². The molecule has 2 aromatic rings. The number of hydrogen-bond donors (Lipinski definition) is 3. The van der Waals surface area contributed by atoms with Crippen molar-refractivity contribution in [2.45, 2.75) is 44.0 Å². The SMILES string of the molecule is CC[C@@H](NC1=CS(=O)(=O)N=C1Nc1cccc(S(=O)(=O)N(C)C)c1O)c1cc(C(C)C)co1. The van der Waals surface area contributed by atoms with E-state index in [0.717, 1.165) is 15.3 Å². The third-order valence-electron chi connectivity index (χ3n) is 5.14. The number of para-hydroxylation sites is 1. The van der Waals surface area contributed by atoms with E-state index in [0.29, 0.717) is 12.2 Å². The van der Waals surface area contributed by atoms with Gasteiger partial charge in [-0.1, -0.05) is 26.8 Å². The topological polar surface area (TPSA) is 141 Å². The van der Waals surface area contributed by atoms with E-state index < -0.39 is 25.8 Å². The highest BCUT2D eigenvalue weighted by atomic mass is 32.2. The number of phenols is 1. The molecule has 1 aliphatic heterocycles. The van der Waals surface area contributed by atoms with Crippen LogP contribution < -0.4 is 10.6 Å². The molecule has 180 valence electrons. The fourth-order valence-electron chi connectivity index (χ4n) is 3.17. The first kappa shape index (κ1) is 24.8. The molecule has 0 spiro atoms. The highest BCUT2D eigenvalue weighted by Gasteiger charge is 2.28. The average Bonchev–Trinajstić information content (AvgIpc) is 3.31. The predicted octanol–water partition coefficient (Wildman–Crippen LogP) is 3.10.